The van der Waals surface area contributed by atoms with Gasteiger partial charge >= 0.3 is 0 Å². The molecule has 0 amide bonds. The van der Waals surface area contributed by atoms with Crippen LogP contribution < -0.4 is 5.32 Å². The van der Waals surface area contributed by atoms with Crippen molar-refractivity contribution in [2.75, 3.05) is 20.7 Å². The Balaban J connectivity index is 2.10. The van der Waals surface area contributed by atoms with Gasteiger partial charge in [-0.05, 0) is 61.8 Å². The lowest BCUT2D eigenvalue weighted by Crippen LogP contribution is -2.41. The fourth-order valence-corrected chi connectivity index (χ4v) is 2.58. The Morgan fingerprint density at radius 1 is 1.37 bits per heavy atom. The van der Waals surface area contributed by atoms with Crippen molar-refractivity contribution in [1.82, 2.24) is 10.2 Å². The molecule has 19 heavy (non-hydrogen) atoms. The molecule has 1 N–H and O–H groups in total. The number of rotatable bonds is 2. The zero-order valence-electron chi connectivity index (χ0n) is 12.1. The van der Waals surface area contributed by atoms with Crippen molar-refractivity contribution in [1.29, 1.82) is 0 Å². The van der Waals surface area contributed by atoms with E-state index in [1.54, 1.807) is 7.05 Å². The predicted octanol–water partition coefficient (Wildman–Crippen LogP) is 2.18. The molecule has 104 valence electrons. The summed E-state index contributed by atoms with van der Waals surface area (Å²) in [6.07, 6.45) is 1.03. The monoisotopic (exact) mass is 278 g/mol. The number of nitrogens with one attached hydrogen (secondary N) is 1. The first kappa shape index (κ1) is 14.3. The van der Waals surface area contributed by atoms with E-state index in [9.17, 15) is 0 Å². The summed E-state index contributed by atoms with van der Waals surface area (Å²) in [5.41, 5.74) is 5.63. The van der Waals surface area contributed by atoms with Crippen LogP contribution in [0.25, 0.3) is 0 Å². The molecule has 4 heteroatoms. The smallest absolute Gasteiger partial charge is 0.256 e. The third-order valence-corrected chi connectivity index (χ3v) is 4.25. The van der Waals surface area contributed by atoms with Gasteiger partial charge in [-0.25, -0.2) is 0 Å². The number of thiocarbonyl (C=S) groups is 1. The first-order chi connectivity index (χ1) is 9.01. The van der Waals surface area contributed by atoms with Crippen molar-refractivity contribution in [3.8, 4) is 0 Å². The molecule has 0 bridgehead atoms. The third-order valence-electron chi connectivity index (χ3n) is 3.93. The van der Waals surface area contributed by atoms with Gasteiger partial charge in [-0.3, -0.25) is 4.90 Å². The van der Waals surface area contributed by atoms with E-state index >= 15 is 0 Å². The van der Waals surface area contributed by atoms with Gasteiger partial charge < -0.3 is 10.1 Å². The van der Waals surface area contributed by atoms with Crippen LogP contribution >= 0.6 is 12.2 Å². The van der Waals surface area contributed by atoms with E-state index in [0.29, 0.717) is 17.8 Å². The predicted molar refractivity (Wildman–Crippen MR) is 82.5 cm³/mol. The molecular formula is C15H22N2OS. The molecule has 0 radical (unpaired) electrons. The van der Waals surface area contributed by atoms with Crippen molar-refractivity contribution in [3.63, 3.8) is 0 Å². The Kier molecular flexibility index (Phi) is 4.42. The number of fused-ring (bicyclic) bond motifs is 1. The van der Waals surface area contributed by atoms with Gasteiger partial charge in [0.25, 0.3) is 5.17 Å². The summed E-state index contributed by atoms with van der Waals surface area (Å²) in [5.74, 6) is 0. The van der Waals surface area contributed by atoms with Crippen LogP contribution in [0, 0.1) is 13.8 Å². The average Bonchev–Trinajstić information content (AvgIpc) is 2.38. The lowest BCUT2D eigenvalue weighted by Gasteiger charge is -2.34. The molecule has 1 aliphatic rings. The number of hydrogen-bond donors (Lipinski definition) is 1. The highest BCUT2D eigenvalue weighted by Gasteiger charge is 2.24. The lowest BCUT2D eigenvalue weighted by molar-refractivity contribution is 0.137. The van der Waals surface area contributed by atoms with Crippen LogP contribution in [0.4, 0.5) is 0 Å². The van der Waals surface area contributed by atoms with Crippen molar-refractivity contribution in [2.24, 2.45) is 0 Å². The summed E-state index contributed by atoms with van der Waals surface area (Å²) in [4.78, 5) is 2.34. The van der Waals surface area contributed by atoms with Gasteiger partial charge in [-0.1, -0.05) is 12.1 Å². The number of aryl methyl sites for hydroxylation is 2. The number of nitrogens with zero attached hydrogens (tertiary/aromatic N) is 1. The number of benzene rings is 1. The molecule has 0 saturated heterocycles. The van der Waals surface area contributed by atoms with Gasteiger partial charge in [0.15, 0.2) is 0 Å². The van der Waals surface area contributed by atoms with Crippen LogP contribution in [0.5, 0.6) is 0 Å². The van der Waals surface area contributed by atoms with Gasteiger partial charge in [0.2, 0.25) is 0 Å². The quantitative estimate of drug-likeness (QED) is 0.838. The molecule has 1 unspecified atom stereocenters. The Labute approximate surface area is 120 Å². The minimum absolute atomic E-state index is 0.390. The summed E-state index contributed by atoms with van der Waals surface area (Å²) >= 11 is 5.03. The first-order valence-corrected chi connectivity index (χ1v) is 7.06. The zero-order valence-corrected chi connectivity index (χ0v) is 12.9. The minimum atomic E-state index is 0.390. The Bertz CT molecular complexity index is 487. The van der Waals surface area contributed by atoms with Gasteiger partial charge in [-0.2, -0.15) is 0 Å². The number of hydrogen-bond acceptors (Lipinski definition) is 3. The second kappa shape index (κ2) is 5.88. The summed E-state index contributed by atoms with van der Waals surface area (Å²) in [7, 11) is 3.93. The van der Waals surface area contributed by atoms with Crippen LogP contribution in [-0.2, 0) is 17.7 Å². The van der Waals surface area contributed by atoms with Crippen LogP contribution in [0.15, 0.2) is 12.1 Å². The average molecular weight is 278 g/mol. The van der Waals surface area contributed by atoms with E-state index in [1.807, 2.05) is 0 Å². The van der Waals surface area contributed by atoms with E-state index in [2.05, 4.69) is 43.2 Å². The van der Waals surface area contributed by atoms with E-state index in [0.717, 1.165) is 13.0 Å². The van der Waals surface area contributed by atoms with Crippen LogP contribution in [0.3, 0.4) is 0 Å². The Hall–Kier alpha value is -1.13. The fourth-order valence-electron chi connectivity index (χ4n) is 2.51. The molecule has 0 saturated carbocycles. The second-order valence-corrected chi connectivity index (χ2v) is 5.70. The van der Waals surface area contributed by atoms with Gasteiger partial charge in [0, 0.05) is 19.6 Å². The molecule has 0 aliphatic carbocycles. The molecular weight excluding hydrogens is 256 g/mol. The molecule has 1 aromatic carbocycles. The Morgan fingerprint density at radius 2 is 2.00 bits per heavy atom. The van der Waals surface area contributed by atoms with Gasteiger partial charge in [-0.15, -0.1) is 0 Å². The molecule has 1 heterocycles. The zero-order chi connectivity index (χ0) is 14.0. The fraction of sp³-hybridized carbons (Fsp3) is 0.533. The lowest BCUT2D eigenvalue weighted by atomic mass is 9.91. The van der Waals surface area contributed by atoms with Gasteiger partial charge in [0.05, 0.1) is 0 Å². The van der Waals surface area contributed by atoms with E-state index in [1.165, 1.54) is 22.3 Å². The van der Waals surface area contributed by atoms with E-state index in [4.69, 9.17) is 17.0 Å². The molecule has 1 atom stereocenters. The molecule has 0 fully saturated rings. The van der Waals surface area contributed by atoms with Crippen LogP contribution in [0.1, 0.15) is 22.3 Å². The SMILES string of the molecule is CNC(=S)OCC1Cc2cc(C)c(C)cc2CN1C. The number of ether oxygens (including phenoxy) is 1. The molecule has 1 aromatic rings. The number of likely N-dealkylation sites (N-methyl/N-ethyl adjacent to an activating group) is 1. The highest BCUT2D eigenvalue weighted by atomic mass is 32.1. The van der Waals surface area contributed by atoms with E-state index < -0.39 is 0 Å². The van der Waals surface area contributed by atoms with Crippen LogP contribution in [-0.4, -0.2) is 36.8 Å². The Morgan fingerprint density at radius 3 is 2.63 bits per heavy atom. The maximum atomic E-state index is 5.55. The maximum absolute atomic E-state index is 5.55. The largest absolute Gasteiger partial charge is 0.469 e. The summed E-state index contributed by atoms with van der Waals surface area (Å²) in [6.45, 7) is 5.98. The van der Waals surface area contributed by atoms with E-state index in [-0.39, 0.29) is 0 Å². The van der Waals surface area contributed by atoms with Crippen LogP contribution in [0.2, 0.25) is 0 Å². The third kappa shape index (κ3) is 3.25. The summed E-state index contributed by atoms with van der Waals surface area (Å²) < 4.78 is 5.55. The molecule has 0 aromatic heterocycles. The second-order valence-electron chi connectivity index (χ2n) is 5.33. The summed E-state index contributed by atoms with van der Waals surface area (Å²) in [6, 6.07) is 5.03. The molecule has 1 aliphatic heterocycles. The summed E-state index contributed by atoms with van der Waals surface area (Å²) in [5, 5.41) is 3.32. The topological polar surface area (TPSA) is 24.5 Å². The highest BCUT2D eigenvalue weighted by Crippen LogP contribution is 2.25. The minimum Gasteiger partial charge on any atom is -0.469 e. The molecule has 3 nitrogen and oxygen atoms in total. The standard InChI is InChI=1S/C15H22N2OS/c1-10-5-12-7-14(9-18-15(19)16-3)17(4)8-13(12)6-11(10)2/h5-6,14H,7-9H2,1-4H3,(H,16,19). The normalized spacial score (nSPS) is 18.8. The first-order valence-electron chi connectivity index (χ1n) is 6.65. The van der Waals surface area contributed by atoms with Crippen molar-refractivity contribution in [3.05, 3.63) is 34.4 Å². The maximum Gasteiger partial charge on any atom is 0.256 e. The van der Waals surface area contributed by atoms with Gasteiger partial charge in [0.1, 0.15) is 6.61 Å². The highest BCUT2D eigenvalue weighted by molar-refractivity contribution is 7.80. The van der Waals surface area contributed by atoms with Crippen molar-refractivity contribution in [2.45, 2.75) is 32.9 Å². The van der Waals surface area contributed by atoms with Crippen molar-refractivity contribution < 1.29 is 4.74 Å². The molecule has 2 rings (SSSR count). The molecule has 0 spiro atoms. The van der Waals surface area contributed by atoms with Crippen molar-refractivity contribution >= 4 is 17.4 Å².